The van der Waals surface area contributed by atoms with Crippen LogP contribution in [0.1, 0.15) is 19.4 Å². The van der Waals surface area contributed by atoms with Gasteiger partial charge in [-0.15, -0.1) is 0 Å². The molecule has 0 aliphatic rings. The zero-order valence-corrected chi connectivity index (χ0v) is 11.3. The van der Waals surface area contributed by atoms with Crippen molar-refractivity contribution in [2.75, 3.05) is 13.2 Å². The third-order valence-corrected chi connectivity index (χ3v) is 3.87. The fraction of sp³-hybridized carbons (Fsp3) is 0.500. The highest BCUT2D eigenvalue weighted by Crippen LogP contribution is 2.10. The molecule has 5 heteroatoms. The van der Waals surface area contributed by atoms with Crippen LogP contribution in [-0.4, -0.2) is 27.7 Å². The summed E-state index contributed by atoms with van der Waals surface area (Å²) in [6.45, 7) is 6.53. The van der Waals surface area contributed by atoms with Crippen molar-refractivity contribution < 1.29 is 13.2 Å². The molecule has 0 heterocycles. The van der Waals surface area contributed by atoms with E-state index in [2.05, 4.69) is 4.72 Å². The van der Waals surface area contributed by atoms with Gasteiger partial charge in [-0.2, -0.15) is 0 Å². The van der Waals surface area contributed by atoms with Gasteiger partial charge < -0.3 is 4.74 Å². The number of nitrogens with one attached hydrogen (secondary N) is 1. The Kier molecular flexibility index (Phi) is 5.11. The van der Waals surface area contributed by atoms with E-state index in [9.17, 15) is 8.42 Å². The fourth-order valence-corrected chi connectivity index (χ4v) is 2.61. The minimum atomic E-state index is -3.44. The van der Waals surface area contributed by atoms with Crippen LogP contribution < -0.4 is 4.72 Å². The summed E-state index contributed by atoms with van der Waals surface area (Å²) in [4.78, 5) is 0.284. The highest BCUT2D eigenvalue weighted by atomic mass is 32.2. The number of sulfonamides is 1. The summed E-state index contributed by atoms with van der Waals surface area (Å²) in [6, 6.07) is 6.53. The van der Waals surface area contributed by atoms with Crippen molar-refractivity contribution in [2.24, 2.45) is 0 Å². The van der Waals surface area contributed by atoms with Crippen molar-refractivity contribution in [1.82, 2.24) is 4.72 Å². The van der Waals surface area contributed by atoms with Crippen LogP contribution in [0, 0.1) is 6.92 Å². The third kappa shape index (κ3) is 4.46. The summed E-state index contributed by atoms with van der Waals surface area (Å²) in [5, 5.41) is 0. The second-order valence-electron chi connectivity index (χ2n) is 3.99. The van der Waals surface area contributed by atoms with Crippen molar-refractivity contribution >= 4 is 10.0 Å². The summed E-state index contributed by atoms with van der Waals surface area (Å²) >= 11 is 0. The van der Waals surface area contributed by atoms with Gasteiger partial charge in [-0.05, 0) is 32.9 Å². The molecule has 0 fully saturated rings. The van der Waals surface area contributed by atoms with E-state index >= 15 is 0 Å². The molecule has 1 unspecified atom stereocenters. The normalized spacial score (nSPS) is 13.6. The molecule has 1 aromatic rings. The van der Waals surface area contributed by atoms with Gasteiger partial charge in [0, 0.05) is 12.6 Å². The van der Waals surface area contributed by atoms with Gasteiger partial charge in [0.2, 0.25) is 10.0 Å². The Morgan fingerprint density at radius 1 is 1.29 bits per heavy atom. The molecule has 0 aliphatic heterocycles. The van der Waals surface area contributed by atoms with Crippen LogP contribution in [0.5, 0.6) is 0 Å². The number of benzene rings is 1. The minimum absolute atomic E-state index is 0.235. The molecule has 1 N–H and O–H groups in total. The van der Waals surface area contributed by atoms with Crippen LogP contribution in [0.25, 0.3) is 0 Å². The summed E-state index contributed by atoms with van der Waals surface area (Å²) in [6.07, 6.45) is 0. The molecule has 0 amide bonds. The number of aryl methyl sites for hydroxylation is 1. The number of rotatable bonds is 6. The van der Waals surface area contributed by atoms with E-state index in [1.54, 1.807) is 31.2 Å². The maximum absolute atomic E-state index is 12.0. The van der Waals surface area contributed by atoms with Crippen LogP contribution in [-0.2, 0) is 14.8 Å². The Morgan fingerprint density at radius 2 is 1.88 bits per heavy atom. The van der Waals surface area contributed by atoms with Gasteiger partial charge in [0.05, 0.1) is 11.5 Å². The Morgan fingerprint density at radius 3 is 2.41 bits per heavy atom. The molecule has 0 aliphatic carbocycles. The maximum atomic E-state index is 12.0. The van der Waals surface area contributed by atoms with Gasteiger partial charge in [-0.3, -0.25) is 0 Å². The van der Waals surface area contributed by atoms with E-state index in [1.165, 1.54) is 0 Å². The van der Waals surface area contributed by atoms with Crippen LogP contribution >= 0.6 is 0 Å². The van der Waals surface area contributed by atoms with Crippen molar-refractivity contribution in [1.29, 1.82) is 0 Å². The smallest absolute Gasteiger partial charge is 0.240 e. The van der Waals surface area contributed by atoms with Gasteiger partial charge in [0.1, 0.15) is 0 Å². The van der Waals surface area contributed by atoms with Gasteiger partial charge in [0.25, 0.3) is 0 Å². The first kappa shape index (κ1) is 14.2. The van der Waals surface area contributed by atoms with E-state index in [0.29, 0.717) is 13.2 Å². The minimum Gasteiger partial charge on any atom is -0.380 e. The van der Waals surface area contributed by atoms with Gasteiger partial charge in [-0.1, -0.05) is 17.7 Å². The largest absolute Gasteiger partial charge is 0.380 e. The predicted molar refractivity (Wildman–Crippen MR) is 67.5 cm³/mol. The molecule has 0 aromatic heterocycles. The van der Waals surface area contributed by atoms with E-state index in [-0.39, 0.29) is 10.9 Å². The van der Waals surface area contributed by atoms with Crippen LogP contribution in [0.2, 0.25) is 0 Å². The number of hydrogen-bond donors (Lipinski definition) is 1. The van der Waals surface area contributed by atoms with Crippen LogP contribution in [0.15, 0.2) is 29.2 Å². The molecular weight excluding hydrogens is 238 g/mol. The topological polar surface area (TPSA) is 55.4 Å². The van der Waals surface area contributed by atoms with Crippen molar-refractivity contribution in [3.8, 4) is 0 Å². The van der Waals surface area contributed by atoms with Crippen molar-refractivity contribution in [3.63, 3.8) is 0 Å². The molecule has 1 aromatic carbocycles. The first-order valence-corrected chi connectivity index (χ1v) is 7.10. The molecule has 0 saturated heterocycles. The lowest BCUT2D eigenvalue weighted by molar-refractivity contribution is 0.133. The lowest BCUT2D eigenvalue weighted by Crippen LogP contribution is -2.35. The van der Waals surface area contributed by atoms with Gasteiger partial charge in [-0.25, -0.2) is 13.1 Å². The van der Waals surface area contributed by atoms with Crippen molar-refractivity contribution in [2.45, 2.75) is 31.7 Å². The molecule has 17 heavy (non-hydrogen) atoms. The zero-order chi connectivity index (χ0) is 12.9. The summed E-state index contributed by atoms with van der Waals surface area (Å²) in [7, 11) is -3.44. The Hall–Kier alpha value is -0.910. The molecule has 4 nitrogen and oxygen atoms in total. The summed E-state index contributed by atoms with van der Waals surface area (Å²) in [5.74, 6) is 0. The molecular formula is C12H19NO3S. The lowest BCUT2D eigenvalue weighted by Gasteiger charge is -2.14. The molecule has 96 valence electrons. The number of ether oxygens (including phenoxy) is 1. The van der Waals surface area contributed by atoms with Crippen LogP contribution in [0.3, 0.4) is 0 Å². The second-order valence-corrected chi connectivity index (χ2v) is 5.71. The average molecular weight is 257 g/mol. The van der Waals surface area contributed by atoms with E-state index in [0.717, 1.165) is 5.56 Å². The highest BCUT2D eigenvalue weighted by molar-refractivity contribution is 7.89. The Labute approximate surface area is 103 Å². The fourth-order valence-electron chi connectivity index (χ4n) is 1.38. The summed E-state index contributed by atoms with van der Waals surface area (Å²) < 4.78 is 31.6. The first-order chi connectivity index (χ1) is 7.95. The van der Waals surface area contributed by atoms with Crippen LogP contribution in [0.4, 0.5) is 0 Å². The number of hydrogen-bond acceptors (Lipinski definition) is 3. The molecule has 0 radical (unpaired) electrons. The van der Waals surface area contributed by atoms with E-state index in [4.69, 9.17) is 4.74 Å². The van der Waals surface area contributed by atoms with E-state index < -0.39 is 10.0 Å². The SMILES string of the molecule is CCOCC(C)NS(=O)(=O)c1ccc(C)cc1. The average Bonchev–Trinajstić information content (AvgIpc) is 2.26. The third-order valence-electron chi connectivity index (χ3n) is 2.26. The zero-order valence-electron chi connectivity index (χ0n) is 10.4. The second kappa shape index (κ2) is 6.14. The Balaban J connectivity index is 2.71. The van der Waals surface area contributed by atoms with E-state index in [1.807, 2.05) is 13.8 Å². The monoisotopic (exact) mass is 257 g/mol. The van der Waals surface area contributed by atoms with Crippen molar-refractivity contribution in [3.05, 3.63) is 29.8 Å². The molecule has 1 rings (SSSR count). The first-order valence-electron chi connectivity index (χ1n) is 5.62. The Bertz CT molecular complexity index is 439. The highest BCUT2D eigenvalue weighted by Gasteiger charge is 2.16. The molecule has 0 bridgehead atoms. The van der Waals surface area contributed by atoms with Gasteiger partial charge >= 0.3 is 0 Å². The van der Waals surface area contributed by atoms with Gasteiger partial charge in [0.15, 0.2) is 0 Å². The molecule has 0 saturated carbocycles. The quantitative estimate of drug-likeness (QED) is 0.844. The standard InChI is InChI=1S/C12H19NO3S/c1-4-16-9-11(3)13-17(14,15)12-7-5-10(2)6-8-12/h5-8,11,13H,4,9H2,1-3H3. The molecule has 1 atom stereocenters. The molecule has 0 spiro atoms. The predicted octanol–water partition coefficient (Wildman–Crippen LogP) is 1.70. The maximum Gasteiger partial charge on any atom is 0.240 e. The summed E-state index contributed by atoms with van der Waals surface area (Å²) in [5.41, 5.74) is 1.03. The lowest BCUT2D eigenvalue weighted by atomic mass is 10.2.